The maximum absolute atomic E-state index is 7.54. The van der Waals surface area contributed by atoms with Gasteiger partial charge in [-0.25, -0.2) is 0 Å². The van der Waals surface area contributed by atoms with Crippen molar-refractivity contribution in [2.45, 2.75) is 71.3 Å². The van der Waals surface area contributed by atoms with Crippen molar-refractivity contribution in [1.29, 1.82) is 0 Å². The van der Waals surface area contributed by atoms with E-state index in [2.05, 4.69) is 13.8 Å². The van der Waals surface area contributed by atoms with Crippen molar-refractivity contribution < 1.29 is 0 Å². The zero-order chi connectivity index (χ0) is 9.23. The minimum absolute atomic E-state index is 0.205. The molecule has 1 atom stereocenters. The van der Waals surface area contributed by atoms with Crippen LogP contribution in [0, 0.1) is 0 Å². The standard InChI is InChI=1S/C11H24N/c1-3-5-6-7-8-9-10-11(12)4-2/h11-12H,3-10H2,1-2H3. The average molecular weight is 170 g/mol. The Morgan fingerprint density at radius 3 is 2.08 bits per heavy atom. The molecular weight excluding hydrogens is 146 g/mol. The van der Waals surface area contributed by atoms with Crippen molar-refractivity contribution >= 4 is 0 Å². The zero-order valence-electron chi connectivity index (χ0n) is 8.73. The highest BCUT2D eigenvalue weighted by atomic mass is 14.6. The molecule has 0 saturated carbocycles. The quantitative estimate of drug-likeness (QED) is 0.495. The summed E-state index contributed by atoms with van der Waals surface area (Å²) in [6.45, 7) is 4.35. The van der Waals surface area contributed by atoms with Gasteiger partial charge in [0.2, 0.25) is 0 Å². The van der Waals surface area contributed by atoms with Gasteiger partial charge in [0.15, 0.2) is 0 Å². The molecule has 0 bridgehead atoms. The molecule has 0 aliphatic heterocycles. The molecule has 0 saturated heterocycles. The highest BCUT2D eigenvalue weighted by Crippen LogP contribution is 2.09. The van der Waals surface area contributed by atoms with Crippen LogP contribution < -0.4 is 5.73 Å². The monoisotopic (exact) mass is 170 g/mol. The number of hydrogen-bond acceptors (Lipinski definition) is 0. The van der Waals surface area contributed by atoms with Gasteiger partial charge in [-0.3, -0.25) is 5.73 Å². The minimum Gasteiger partial charge on any atom is -0.255 e. The van der Waals surface area contributed by atoms with Crippen LogP contribution in [-0.2, 0) is 0 Å². The fraction of sp³-hybridized carbons (Fsp3) is 1.00. The van der Waals surface area contributed by atoms with Crippen molar-refractivity contribution in [2.75, 3.05) is 0 Å². The molecule has 1 radical (unpaired) electrons. The molecule has 0 rings (SSSR count). The molecule has 12 heavy (non-hydrogen) atoms. The van der Waals surface area contributed by atoms with Gasteiger partial charge in [0.1, 0.15) is 0 Å². The molecule has 1 nitrogen and oxygen atoms in total. The second kappa shape index (κ2) is 9.05. The summed E-state index contributed by atoms with van der Waals surface area (Å²) in [5.41, 5.74) is 7.54. The first-order valence-electron chi connectivity index (χ1n) is 5.52. The second-order valence-corrected chi connectivity index (χ2v) is 3.66. The lowest BCUT2D eigenvalue weighted by atomic mass is 10.1. The fourth-order valence-electron chi connectivity index (χ4n) is 1.38. The molecule has 0 aromatic rings. The van der Waals surface area contributed by atoms with Gasteiger partial charge < -0.3 is 0 Å². The maximum Gasteiger partial charge on any atom is 0.0210 e. The molecule has 1 heteroatoms. The molecule has 1 unspecified atom stereocenters. The van der Waals surface area contributed by atoms with E-state index in [1.54, 1.807) is 0 Å². The molecule has 0 amide bonds. The normalized spacial score (nSPS) is 13.2. The predicted molar refractivity (Wildman–Crippen MR) is 55.2 cm³/mol. The van der Waals surface area contributed by atoms with Crippen LogP contribution in [0.5, 0.6) is 0 Å². The second-order valence-electron chi connectivity index (χ2n) is 3.66. The summed E-state index contributed by atoms with van der Waals surface area (Å²) in [5, 5.41) is 0. The van der Waals surface area contributed by atoms with Crippen molar-refractivity contribution in [2.24, 2.45) is 0 Å². The molecular formula is C11H24N. The van der Waals surface area contributed by atoms with Gasteiger partial charge in [0.25, 0.3) is 0 Å². The maximum atomic E-state index is 7.54. The lowest BCUT2D eigenvalue weighted by Gasteiger charge is -2.06. The van der Waals surface area contributed by atoms with E-state index in [1.807, 2.05) is 0 Å². The Balaban J connectivity index is 2.90. The molecule has 0 aliphatic carbocycles. The third-order valence-corrected chi connectivity index (χ3v) is 2.40. The Morgan fingerprint density at radius 2 is 1.50 bits per heavy atom. The number of unbranched alkanes of at least 4 members (excludes halogenated alkanes) is 5. The third-order valence-electron chi connectivity index (χ3n) is 2.40. The summed E-state index contributed by atoms with van der Waals surface area (Å²) in [6.07, 6.45) is 10.2. The highest BCUT2D eigenvalue weighted by Gasteiger charge is 1.98. The number of hydrogen-bond donors (Lipinski definition) is 0. The molecule has 73 valence electrons. The summed E-state index contributed by atoms with van der Waals surface area (Å²) in [5.74, 6) is 0. The topological polar surface area (TPSA) is 23.8 Å². The van der Waals surface area contributed by atoms with Gasteiger partial charge in [-0.15, -0.1) is 0 Å². The molecule has 1 N–H and O–H groups in total. The molecule has 0 aromatic carbocycles. The number of rotatable bonds is 8. The summed E-state index contributed by atoms with van der Waals surface area (Å²) < 4.78 is 0. The van der Waals surface area contributed by atoms with E-state index in [0.717, 1.165) is 12.8 Å². The average Bonchev–Trinajstić information content (AvgIpc) is 2.10. The predicted octanol–water partition coefficient (Wildman–Crippen LogP) is 3.80. The third kappa shape index (κ3) is 8.06. The van der Waals surface area contributed by atoms with Crippen molar-refractivity contribution in [3.05, 3.63) is 0 Å². The Bertz CT molecular complexity index is 81.1. The lowest BCUT2D eigenvalue weighted by molar-refractivity contribution is 0.517. The smallest absolute Gasteiger partial charge is 0.0210 e. The largest absolute Gasteiger partial charge is 0.255 e. The van der Waals surface area contributed by atoms with Crippen LogP contribution >= 0.6 is 0 Å². The van der Waals surface area contributed by atoms with Gasteiger partial charge in [0.05, 0.1) is 0 Å². The molecule has 0 aliphatic rings. The van der Waals surface area contributed by atoms with E-state index in [4.69, 9.17) is 5.73 Å². The zero-order valence-corrected chi connectivity index (χ0v) is 8.73. The Morgan fingerprint density at radius 1 is 0.917 bits per heavy atom. The van der Waals surface area contributed by atoms with Crippen LogP contribution in [0.3, 0.4) is 0 Å². The Labute approximate surface area is 77.7 Å². The molecule has 0 heterocycles. The van der Waals surface area contributed by atoms with E-state index < -0.39 is 0 Å². The van der Waals surface area contributed by atoms with E-state index in [-0.39, 0.29) is 6.04 Å². The first kappa shape index (κ1) is 12.0. The van der Waals surface area contributed by atoms with Crippen LogP contribution in [0.15, 0.2) is 0 Å². The van der Waals surface area contributed by atoms with Crippen molar-refractivity contribution in [3.63, 3.8) is 0 Å². The van der Waals surface area contributed by atoms with Crippen LogP contribution in [0.2, 0.25) is 0 Å². The van der Waals surface area contributed by atoms with Crippen molar-refractivity contribution in [1.82, 2.24) is 5.73 Å². The van der Waals surface area contributed by atoms with Crippen molar-refractivity contribution in [3.8, 4) is 0 Å². The van der Waals surface area contributed by atoms with Gasteiger partial charge in [0, 0.05) is 6.04 Å². The van der Waals surface area contributed by atoms with Gasteiger partial charge >= 0.3 is 0 Å². The molecule has 0 spiro atoms. The molecule has 0 fully saturated rings. The Hall–Kier alpha value is -0.0400. The lowest BCUT2D eigenvalue weighted by Crippen LogP contribution is -2.05. The first-order valence-corrected chi connectivity index (χ1v) is 5.52. The van der Waals surface area contributed by atoms with E-state index in [0.29, 0.717) is 0 Å². The summed E-state index contributed by atoms with van der Waals surface area (Å²) in [4.78, 5) is 0. The van der Waals surface area contributed by atoms with Crippen LogP contribution in [0.25, 0.3) is 0 Å². The SMILES string of the molecule is CCCCCCCCC([NH])CC. The van der Waals surface area contributed by atoms with E-state index in [1.165, 1.54) is 38.5 Å². The summed E-state index contributed by atoms with van der Waals surface area (Å²) in [7, 11) is 0. The van der Waals surface area contributed by atoms with Gasteiger partial charge in [-0.1, -0.05) is 52.4 Å². The van der Waals surface area contributed by atoms with E-state index in [9.17, 15) is 0 Å². The molecule has 0 aromatic heterocycles. The summed E-state index contributed by atoms with van der Waals surface area (Å²) >= 11 is 0. The Kier molecular flexibility index (Phi) is 9.02. The van der Waals surface area contributed by atoms with Crippen LogP contribution in [0.1, 0.15) is 65.2 Å². The van der Waals surface area contributed by atoms with Crippen LogP contribution in [-0.4, -0.2) is 6.04 Å². The van der Waals surface area contributed by atoms with Crippen LogP contribution in [0.4, 0.5) is 0 Å². The van der Waals surface area contributed by atoms with Gasteiger partial charge in [-0.05, 0) is 12.8 Å². The minimum atomic E-state index is 0.205. The summed E-state index contributed by atoms with van der Waals surface area (Å²) in [6, 6.07) is 0.205. The van der Waals surface area contributed by atoms with Gasteiger partial charge in [-0.2, -0.15) is 0 Å². The number of nitrogens with one attached hydrogen (secondary N) is 1. The highest BCUT2D eigenvalue weighted by molar-refractivity contribution is 4.57. The van der Waals surface area contributed by atoms with E-state index >= 15 is 0 Å². The fourth-order valence-corrected chi connectivity index (χ4v) is 1.38. The first-order chi connectivity index (χ1) is 5.81.